The highest BCUT2D eigenvalue weighted by atomic mass is 16.6. The third-order valence-corrected chi connectivity index (χ3v) is 4.79. The summed E-state index contributed by atoms with van der Waals surface area (Å²) in [4.78, 5) is 6.99. The summed E-state index contributed by atoms with van der Waals surface area (Å²) in [6.07, 6.45) is 2.29. The lowest BCUT2D eigenvalue weighted by molar-refractivity contribution is 0.170. The molecule has 0 aliphatic carbocycles. The predicted molar refractivity (Wildman–Crippen MR) is 92.8 cm³/mol. The van der Waals surface area contributed by atoms with Crippen LogP contribution in [0.15, 0.2) is 22.7 Å². The number of rotatable bonds is 3. The third kappa shape index (κ3) is 3.35. The molecule has 0 amide bonds. The van der Waals surface area contributed by atoms with Gasteiger partial charge < -0.3 is 14.0 Å². The molecule has 134 valence electrons. The number of nitrogens with zero attached hydrogens (tertiary/aromatic N) is 3. The maximum atomic E-state index is 5.73. The van der Waals surface area contributed by atoms with Crippen molar-refractivity contribution in [3.8, 4) is 11.5 Å². The normalized spacial score (nSPS) is 20.8. The molecule has 1 atom stereocenters. The van der Waals surface area contributed by atoms with Crippen LogP contribution in [-0.2, 0) is 12.0 Å². The minimum atomic E-state index is -0.0952. The number of aromatic nitrogens is 2. The van der Waals surface area contributed by atoms with Gasteiger partial charge >= 0.3 is 0 Å². The Bertz CT molecular complexity index is 751. The van der Waals surface area contributed by atoms with Crippen molar-refractivity contribution < 1.29 is 14.0 Å². The average Bonchev–Trinajstić information content (AvgIpc) is 3.24. The highest BCUT2D eigenvalue weighted by Crippen LogP contribution is 2.38. The summed E-state index contributed by atoms with van der Waals surface area (Å²) in [5.74, 6) is 3.14. The molecule has 2 aliphatic heterocycles. The Morgan fingerprint density at radius 3 is 2.72 bits per heavy atom. The molecule has 0 spiro atoms. The highest BCUT2D eigenvalue weighted by molar-refractivity contribution is 5.44. The minimum Gasteiger partial charge on any atom is -0.486 e. The van der Waals surface area contributed by atoms with Crippen LogP contribution in [0.1, 0.15) is 56.9 Å². The number of ether oxygens (including phenoxy) is 2. The summed E-state index contributed by atoms with van der Waals surface area (Å²) in [6, 6.07) is 6.63. The molecular weight excluding hydrogens is 318 g/mol. The van der Waals surface area contributed by atoms with Crippen LogP contribution in [-0.4, -0.2) is 34.8 Å². The Labute approximate surface area is 148 Å². The van der Waals surface area contributed by atoms with E-state index in [0.29, 0.717) is 31.7 Å². The van der Waals surface area contributed by atoms with E-state index in [2.05, 4.69) is 47.9 Å². The third-order valence-electron chi connectivity index (χ3n) is 4.79. The van der Waals surface area contributed by atoms with Crippen LogP contribution >= 0.6 is 0 Å². The van der Waals surface area contributed by atoms with Crippen LogP contribution in [0, 0.1) is 0 Å². The van der Waals surface area contributed by atoms with Crippen LogP contribution in [0.3, 0.4) is 0 Å². The van der Waals surface area contributed by atoms with Gasteiger partial charge in [0.2, 0.25) is 5.89 Å². The molecule has 6 heteroatoms. The molecule has 25 heavy (non-hydrogen) atoms. The molecule has 3 heterocycles. The Balaban J connectivity index is 1.52. The first-order valence-corrected chi connectivity index (χ1v) is 8.97. The summed E-state index contributed by atoms with van der Waals surface area (Å²) in [7, 11) is 0. The van der Waals surface area contributed by atoms with Gasteiger partial charge in [-0.05, 0) is 37.1 Å². The molecule has 6 nitrogen and oxygen atoms in total. The maximum absolute atomic E-state index is 5.73. The van der Waals surface area contributed by atoms with Gasteiger partial charge in [-0.15, -0.1) is 0 Å². The Morgan fingerprint density at radius 2 is 1.96 bits per heavy atom. The highest BCUT2D eigenvalue weighted by Gasteiger charge is 2.29. The number of hydrogen-bond donors (Lipinski definition) is 0. The van der Waals surface area contributed by atoms with Crippen molar-refractivity contribution in [2.24, 2.45) is 0 Å². The molecule has 1 aromatic carbocycles. The zero-order valence-electron chi connectivity index (χ0n) is 15.1. The monoisotopic (exact) mass is 343 g/mol. The first-order chi connectivity index (χ1) is 12.0. The van der Waals surface area contributed by atoms with Crippen molar-refractivity contribution in [2.45, 2.75) is 51.6 Å². The molecule has 0 N–H and O–H groups in total. The van der Waals surface area contributed by atoms with Gasteiger partial charge in [-0.25, -0.2) is 0 Å². The van der Waals surface area contributed by atoms with Gasteiger partial charge in [0.1, 0.15) is 13.2 Å². The van der Waals surface area contributed by atoms with Gasteiger partial charge in [0, 0.05) is 11.5 Å². The summed E-state index contributed by atoms with van der Waals surface area (Å²) in [5, 5.41) is 4.14. The van der Waals surface area contributed by atoms with E-state index >= 15 is 0 Å². The zero-order valence-corrected chi connectivity index (χ0v) is 15.1. The van der Waals surface area contributed by atoms with Gasteiger partial charge in [0.05, 0.1) is 6.54 Å². The van der Waals surface area contributed by atoms with E-state index in [4.69, 9.17) is 14.0 Å². The van der Waals surface area contributed by atoms with E-state index in [1.807, 2.05) is 6.07 Å². The largest absolute Gasteiger partial charge is 0.486 e. The summed E-state index contributed by atoms with van der Waals surface area (Å²) >= 11 is 0. The van der Waals surface area contributed by atoms with Crippen LogP contribution < -0.4 is 9.47 Å². The predicted octanol–water partition coefficient (Wildman–Crippen LogP) is 3.48. The van der Waals surface area contributed by atoms with Crippen molar-refractivity contribution in [3.63, 3.8) is 0 Å². The van der Waals surface area contributed by atoms with E-state index in [9.17, 15) is 0 Å². The lowest BCUT2D eigenvalue weighted by Gasteiger charge is -2.25. The Morgan fingerprint density at radius 1 is 1.16 bits per heavy atom. The molecule has 1 saturated heterocycles. The lowest BCUT2D eigenvalue weighted by atomic mass is 9.96. The van der Waals surface area contributed by atoms with E-state index in [0.717, 1.165) is 30.3 Å². The van der Waals surface area contributed by atoms with E-state index < -0.39 is 0 Å². The second kappa shape index (κ2) is 6.33. The Hall–Kier alpha value is -2.08. The molecular formula is C19H25N3O3. The molecule has 1 aromatic heterocycles. The lowest BCUT2D eigenvalue weighted by Crippen LogP contribution is -2.23. The second-order valence-corrected chi connectivity index (χ2v) is 7.79. The fraction of sp³-hybridized carbons (Fsp3) is 0.579. The van der Waals surface area contributed by atoms with Crippen LogP contribution in [0.4, 0.5) is 0 Å². The molecule has 4 rings (SSSR count). The number of likely N-dealkylation sites (tertiary alicyclic amines) is 1. The summed E-state index contributed by atoms with van der Waals surface area (Å²) < 4.78 is 16.8. The quantitative estimate of drug-likeness (QED) is 0.850. The molecule has 2 aliphatic rings. The van der Waals surface area contributed by atoms with Gasteiger partial charge in [0.15, 0.2) is 17.3 Å². The molecule has 0 bridgehead atoms. The number of fused-ring (bicyclic) bond motifs is 1. The first kappa shape index (κ1) is 16.4. The molecule has 1 fully saturated rings. The fourth-order valence-electron chi connectivity index (χ4n) is 3.46. The summed E-state index contributed by atoms with van der Waals surface area (Å²) in [6.45, 7) is 9.23. The minimum absolute atomic E-state index is 0.0952. The van der Waals surface area contributed by atoms with Gasteiger partial charge in [-0.3, -0.25) is 4.90 Å². The topological polar surface area (TPSA) is 60.6 Å². The number of hydrogen-bond acceptors (Lipinski definition) is 6. The second-order valence-electron chi connectivity index (χ2n) is 7.79. The van der Waals surface area contributed by atoms with E-state index in [1.54, 1.807) is 0 Å². The van der Waals surface area contributed by atoms with Gasteiger partial charge in [-0.1, -0.05) is 32.0 Å². The van der Waals surface area contributed by atoms with Gasteiger partial charge in [0.25, 0.3) is 0 Å². The number of benzene rings is 1. The van der Waals surface area contributed by atoms with Gasteiger partial charge in [-0.2, -0.15) is 4.98 Å². The van der Waals surface area contributed by atoms with E-state index in [-0.39, 0.29) is 5.41 Å². The van der Waals surface area contributed by atoms with Crippen LogP contribution in [0.25, 0.3) is 0 Å². The van der Waals surface area contributed by atoms with Crippen molar-refractivity contribution in [3.05, 3.63) is 35.5 Å². The summed E-state index contributed by atoms with van der Waals surface area (Å²) in [5.41, 5.74) is 1.17. The van der Waals surface area contributed by atoms with Crippen molar-refractivity contribution >= 4 is 0 Å². The fourth-order valence-corrected chi connectivity index (χ4v) is 3.46. The van der Waals surface area contributed by atoms with Crippen molar-refractivity contribution in [2.75, 3.05) is 19.8 Å². The zero-order chi connectivity index (χ0) is 17.4. The van der Waals surface area contributed by atoms with E-state index in [1.165, 1.54) is 12.0 Å². The molecule has 2 aromatic rings. The molecule has 0 saturated carbocycles. The first-order valence-electron chi connectivity index (χ1n) is 8.97. The Kier molecular flexibility index (Phi) is 4.15. The van der Waals surface area contributed by atoms with Crippen LogP contribution in [0.5, 0.6) is 11.5 Å². The standard InChI is InChI=1S/C19H25N3O3/c1-19(2,3)18-20-17(25-21-18)12-22-8-4-5-14(22)13-6-7-15-16(11-13)24-10-9-23-15/h6-7,11,14H,4-5,8-10,12H2,1-3H3. The smallest absolute Gasteiger partial charge is 0.240 e. The average molecular weight is 343 g/mol. The van der Waals surface area contributed by atoms with Crippen molar-refractivity contribution in [1.82, 2.24) is 15.0 Å². The van der Waals surface area contributed by atoms with Crippen molar-refractivity contribution in [1.29, 1.82) is 0 Å². The van der Waals surface area contributed by atoms with Crippen LogP contribution in [0.2, 0.25) is 0 Å². The molecule has 0 radical (unpaired) electrons. The maximum Gasteiger partial charge on any atom is 0.240 e. The molecule has 1 unspecified atom stereocenters. The SMILES string of the molecule is CC(C)(C)c1noc(CN2CCCC2c2ccc3c(c2)OCCO3)n1.